The van der Waals surface area contributed by atoms with E-state index in [4.69, 9.17) is 4.74 Å². The van der Waals surface area contributed by atoms with Gasteiger partial charge in [0.15, 0.2) is 11.6 Å². The Morgan fingerprint density at radius 1 is 1.17 bits per heavy atom. The summed E-state index contributed by atoms with van der Waals surface area (Å²) in [5.74, 6) is -2.91. The number of anilines is 2. The normalized spacial score (nSPS) is 13.2. The summed E-state index contributed by atoms with van der Waals surface area (Å²) in [6, 6.07) is 6.43. The van der Waals surface area contributed by atoms with Crippen molar-refractivity contribution >= 4 is 26.2 Å². The monoisotopic (exact) mass is 433 g/mol. The molecule has 4 rings (SSSR count). The minimum Gasteiger partial charge on any atom is -0.376 e. The standard InChI is InChI=1S/C21H19F3N3O2P/c1-11-4-13-2-3-29-10-14(13)7-17(11)25-21-26-20(28)16(23)9-27(21)8-12-5-15(22)19(24)18(30)6-12/h4-7,9H,2-3,8,10,30H2,1H3,(H,25,26,28). The fourth-order valence-electron chi connectivity index (χ4n) is 3.44. The van der Waals surface area contributed by atoms with Crippen molar-refractivity contribution in [2.45, 2.75) is 26.5 Å². The maximum Gasteiger partial charge on any atom is 0.310 e. The third kappa shape index (κ3) is 4.11. The fourth-order valence-corrected chi connectivity index (χ4v) is 3.80. The van der Waals surface area contributed by atoms with E-state index in [2.05, 4.69) is 19.5 Å². The number of aryl methyl sites for hydroxylation is 1. The molecule has 5 nitrogen and oxygen atoms in total. The number of halogens is 3. The van der Waals surface area contributed by atoms with Crippen molar-refractivity contribution in [2.24, 2.45) is 0 Å². The molecule has 0 amide bonds. The molecule has 0 aliphatic carbocycles. The highest BCUT2D eigenvalue weighted by Gasteiger charge is 2.16. The zero-order chi connectivity index (χ0) is 21.4. The van der Waals surface area contributed by atoms with Gasteiger partial charge in [-0.1, -0.05) is 6.07 Å². The summed E-state index contributed by atoms with van der Waals surface area (Å²) in [5, 5.41) is 3.13. The predicted molar refractivity (Wildman–Crippen MR) is 111 cm³/mol. The van der Waals surface area contributed by atoms with Gasteiger partial charge < -0.3 is 14.6 Å². The summed E-state index contributed by atoms with van der Waals surface area (Å²) in [7, 11) is 2.12. The lowest BCUT2D eigenvalue weighted by Crippen LogP contribution is -2.21. The van der Waals surface area contributed by atoms with Gasteiger partial charge >= 0.3 is 5.56 Å². The molecule has 1 N–H and O–H groups in total. The molecular weight excluding hydrogens is 414 g/mol. The largest absolute Gasteiger partial charge is 0.376 e. The van der Waals surface area contributed by atoms with Crippen molar-refractivity contribution < 1.29 is 17.9 Å². The minimum atomic E-state index is -1.04. The summed E-state index contributed by atoms with van der Waals surface area (Å²) < 4.78 is 48.2. The van der Waals surface area contributed by atoms with Crippen LogP contribution < -0.4 is 16.2 Å². The Labute approximate surface area is 173 Å². The smallest absolute Gasteiger partial charge is 0.310 e. The van der Waals surface area contributed by atoms with E-state index in [0.29, 0.717) is 24.5 Å². The van der Waals surface area contributed by atoms with Gasteiger partial charge in [-0.25, -0.2) is 8.78 Å². The number of aromatic nitrogens is 2. The lowest BCUT2D eigenvalue weighted by atomic mass is 9.99. The van der Waals surface area contributed by atoms with Crippen molar-refractivity contribution in [3.05, 3.63) is 80.5 Å². The molecule has 9 heteroatoms. The van der Waals surface area contributed by atoms with E-state index in [-0.39, 0.29) is 17.8 Å². The number of benzene rings is 2. The quantitative estimate of drug-likeness (QED) is 0.642. The minimum absolute atomic E-state index is 0.0156. The van der Waals surface area contributed by atoms with Crippen LogP contribution in [0.3, 0.4) is 0 Å². The molecule has 156 valence electrons. The number of nitrogens with zero attached hydrogens (tertiary/aromatic N) is 2. The van der Waals surface area contributed by atoms with Crippen LogP contribution in [0.1, 0.15) is 22.3 Å². The summed E-state index contributed by atoms with van der Waals surface area (Å²) >= 11 is 0. The molecule has 2 heterocycles. The van der Waals surface area contributed by atoms with Crippen molar-refractivity contribution in [2.75, 3.05) is 11.9 Å². The molecule has 3 aromatic rings. The van der Waals surface area contributed by atoms with Crippen LogP contribution in [0, 0.1) is 24.4 Å². The van der Waals surface area contributed by atoms with E-state index in [0.717, 1.165) is 29.8 Å². The van der Waals surface area contributed by atoms with Gasteiger partial charge in [0.2, 0.25) is 11.8 Å². The Morgan fingerprint density at radius 3 is 2.73 bits per heavy atom. The molecule has 1 unspecified atom stereocenters. The Morgan fingerprint density at radius 2 is 1.97 bits per heavy atom. The lowest BCUT2D eigenvalue weighted by molar-refractivity contribution is 0.111. The third-order valence-electron chi connectivity index (χ3n) is 4.99. The van der Waals surface area contributed by atoms with Gasteiger partial charge in [0.1, 0.15) is 0 Å². The Hall–Kier alpha value is -2.70. The molecule has 0 saturated carbocycles. The Bertz CT molecular complexity index is 1170. The van der Waals surface area contributed by atoms with Crippen LogP contribution in [0.5, 0.6) is 0 Å². The van der Waals surface area contributed by atoms with Gasteiger partial charge in [0.05, 0.1) is 19.8 Å². The van der Waals surface area contributed by atoms with Crippen LogP contribution in [0.2, 0.25) is 0 Å². The molecule has 30 heavy (non-hydrogen) atoms. The second-order valence-corrected chi connectivity index (χ2v) is 7.81. The first-order valence-corrected chi connectivity index (χ1v) is 9.87. The van der Waals surface area contributed by atoms with Crippen LogP contribution >= 0.6 is 9.24 Å². The third-order valence-corrected chi connectivity index (χ3v) is 5.41. The molecule has 1 atom stereocenters. The number of ether oxygens (including phenoxy) is 1. The van der Waals surface area contributed by atoms with Crippen LogP contribution in [0.15, 0.2) is 35.3 Å². The fraction of sp³-hybridized carbons (Fsp3) is 0.238. The van der Waals surface area contributed by atoms with E-state index >= 15 is 0 Å². The molecule has 0 bridgehead atoms. The number of nitrogens with one attached hydrogen (secondary N) is 1. The van der Waals surface area contributed by atoms with Crippen molar-refractivity contribution in [1.29, 1.82) is 0 Å². The second kappa shape index (κ2) is 8.20. The highest BCUT2D eigenvalue weighted by molar-refractivity contribution is 7.27. The maximum absolute atomic E-state index is 13.9. The van der Waals surface area contributed by atoms with Crippen LogP contribution in [0.4, 0.5) is 24.8 Å². The molecule has 0 saturated heterocycles. The first kappa shape index (κ1) is 20.6. The summed E-state index contributed by atoms with van der Waals surface area (Å²) in [6.45, 7) is 3.06. The summed E-state index contributed by atoms with van der Waals surface area (Å²) in [4.78, 5) is 15.6. The van der Waals surface area contributed by atoms with Gasteiger partial charge in [-0.3, -0.25) is 4.79 Å². The predicted octanol–water partition coefficient (Wildman–Crippen LogP) is 3.33. The maximum atomic E-state index is 13.9. The molecular formula is C21H19F3N3O2P. The number of hydrogen-bond donors (Lipinski definition) is 1. The average molecular weight is 433 g/mol. The number of hydrogen-bond acceptors (Lipinski definition) is 4. The van der Waals surface area contributed by atoms with Crippen molar-refractivity contribution in [1.82, 2.24) is 9.55 Å². The Balaban J connectivity index is 1.72. The van der Waals surface area contributed by atoms with Crippen LogP contribution in [-0.4, -0.2) is 16.2 Å². The molecule has 1 aliphatic rings. The number of fused-ring (bicyclic) bond motifs is 1. The molecule has 0 spiro atoms. The molecule has 0 radical (unpaired) electrons. The Kier molecular flexibility index (Phi) is 5.62. The van der Waals surface area contributed by atoms with Crippen LogP contribution in [0.25, 0.3) is 0 Å². The molecule has 1 aromatic heterocycles. The summed E-state index contributed by atoms with van der Waals surface area (Å²) in [6.07, 6.45) is 1.82. The van der Waals surface area contributed by atoms with Gasteiger partial charge in [-0.15, -0.1) is 9.24 Å². The van der Waals surface area contributed by atoms with Gasteiger partial charge in [-0.2, -0.15) is 9.37 Å². The molecule has 1 aliphatic heterocycles. The van der Waals surface area contributed by atoms with Crippen molar-refractivity contribution in [3.63, 3.8) is 0 Å². The highest BCUT2D eigenvalue weighted by Crippen LogP contribution is 2.27. The zero-order valence-electron chi connectivity index (χ0n) is 16.1. The average Bonchev–Trinajstić information content (AvgIpc) is 2.70. The van der Waals surface area contributed by atoms with Crippen molar-refractivity contribution in [3.8, 4) is 0 Å². The SMILES string of the molecule is Cc1cc2c(cc1Nc1nc(=O)c(F)cn1Cc1cc(F)c(F)c(P)c1)COCC2. The van der Waals surface area contributed by atoms with Gasteiger partial charge in [0.25, 0.3) is 0 Å². The van der Waals surface area contributed by atoms with E-state index in [9.17, 15) is 18.0 Å². The topological polar surface area (TPSA) is 56.2 Å². The zero-order valence-corrected chi connectivity index (χ0v) is 17.3. The van der Waals surface area contributed by atoms with Crippen LogP contribution in [-0.2, 0) is 24.3 Å². The number of rotatable bonds is 4. The van der Waals surface area contributed by atoms with E-state index < -0.39 is 23.0 Å². The van der Waals surface area contributed by atoms with Gasteiger partial charge in [-0.05, 0) is 53.8 Å². The van der Waals surface area contributed by atoms with Gasteiger partial charge in [0, 0.05) is 17.2 Å². The lowest BCUT2D eigenvalue weighted by Gasteiger charge is -2.21. The van der Waals surface area contributed by atoms with E-state index in [1.165, 1.54) is 16.2 Å². The molecule has 2 aromatic carbocycles. The summed E-state index contributed by atoms with van der Waals surface area (Å²) in [5.41, 5.74) is 3.23. The van der Waals surface area contributed by atoms with E-state index in [1.807, 2.05) is 19.1 Å². The first-order chi connectivity index (χ1) is 14.3. The highest BCUT2D eigenvalue weighted by atomic mass is 31.0. The first-order valence-electron chi connectivity index (χ1n) is 9.29. The van der Waals surface area contributed by atoms with E-state index in [1.54, 1.807) is 0 Å². The second-order valence-electron chi connectivity index (χ2n) is 7.19. The molecule has 0 fully saturated rings.